The summed E-state index contributed by atoms with van der Waals surface area (Å²) in [6, 6.07) is 8.04. The number of hydrogen-bond acceptors (Lipinski definition) is 9. The van der Waals surface area contributed by atoms with Gasteiger partial charge in [0, 0.05) is 36.9 Å². The average molecular weight is 480 g/mol. The summed E-state index contributed by atoms with van der Waals surface area (Å²) >= 11 is 0. The first-order valence-electron chi connectivity index (χ1n) is 10.9. The molecule has 5 rings (SSSR count). The number of anilines is 1. The van der Waals surface area contributed by atoms with E-state index in [1.54, 1.807) is 47.5 Å². The van der Waals surface area contributed by atoms with Gasteiger partial charge in [-0.2, -0.15) is 0 Å². The highest BCUT2D eigenvalue weighted by Crippen LogP contribution is 2.29. The molecule has 35 heavy (non-hydrogen) atoms. The van der Waals surface area contributed by atoms with E-state index in [2.05, 4.69) is 20.5 Å². The molecule has 0 aliphatic carbocycles. The third kappa shape index (κ3) is 4.95. The molecule has 3 aromatic rings. The van der Waals surface area contributed by atoms with Gasteiger partial charge in [-0.3, -0.25) is 14.7 Å². The molecule has 2 atom stereocenters. The molecule has 0 spiro atoms. The standard InChI is InChI=1S/C23H21FN6O5/c1-14(31)33-13-17-9-22(27-35-17)21-5-2-15(10-25-21)19-4-3-16(8-20(19)24)30-12-18(34-23(30)32)11-29-7-6-26-28-29/h2-8,10,17-18H,9,11-13H2,1H3/t17-,18-/m0/s1. The summed E-state index contributed by atoms with van der Waals surface area (Å²) < 4.78 is 26.9. The van der Waals surface area contributed by atoms with Crippen molar-refractivity contribution in [3.05, 3.63) is 60.4 Å². The van der Waals surface area contributed by atoms with Crippen LogP contribution in [0.4, 0.5) is 14.9 Å². The highest BCUT2D eigenvalue weighted by atomic mass is 19.1. The van der Waals surface area contributed by atoms with Crippen LogP contribution in [0.25, 0.3) is 11.1 Å². The number of benzene rings is 1. The van der Waals surface area contributed by atoms with Crippen molar-refractivity contribution in [2.75, 3.05) is 18.1 Å². The summed E-state index contributed by atoms with van der Waals surface area (Å²) in [4.78, 5) is 34.3. The van der Waals surface area contributed by atoms with Gasteiger partial charge in [-0.05, 0) is 24.3 Å². The highest BCUT2D eigenvalue weighted by Gasteiger charge is 2.33. The lowest BCUT2D eigenvalue weighted by Gasteiger charge is -2.14. The highest BCUT2D eigenvalue weighted by molar-refractivity contribution is 5.99. The van der Waals surface area contributed by atoms with Crippen LogP contribution in [0.3, 0.4) is 0 Å². The van der Waals surface area contributed by atoms with Gasteiger partial charge in [0.1, 0.15) is 24.2 Å². The number of ether oxygens (including phenoxy) is 2. The number of esters is 1. The number of amides is 1. The Kier molecular flexibility index (Phi) is 6.08. The summed E-state index contributed by atoms with van der Waals surface area (Å²) in [6.45, 7) is 2.08. The molecule has 2 aromatic heterocycles. The second kappa shape index (κ2) is 9.49. The van der Waals surface area contributed by atoms with Crippen molar-refractivity contribution < 1.29 is 28.3 Å². The third-order valence-electron chi connectivity index (χ3n) is 5.58. The maximum atomic E-state index is 15.0. The zero-order chi connectivity index (χ0) is 24.4. The zero-order valence-electron chi connectivity index (χ0n) is 18.7. The van der Waals surface area contributed by atoms with Crippen molar-refractivity contribution >= 4 is 23.5 Å². The molecule has 12 heteroatoms. The second-order valence-electron chi connectivity index (χ2n) is 8.11. The second-order valence-corrected chi connectivity index (χ2v) is 8.11. The fraction of sp³-hybridized carbons (Fsp3) is 0.304. The molecule has 1 aromatic carbocycles. The van der Waals surface area contributed by atoms with E-state index < -0.39 is 18.0 Å². The van der Waals surface area contributed by atoms with Crippen LogP contribution in [0.1, 0.15) is 19.0 Å². The van der Waals surface area contributed by atoms with E-state index in [1.807, 2.05) is 0 Å². The molecule has 1 amide bonds. The number of aromatic nitrogens is 4. The summed E-state index contributed by atoms with van der Waals surface area (Å²) in [5.74, 6) is -0.877. The maximum Gasteiger partial charge on any atom is 0.414 e. The first kappa shape index (κ1) is 22.4. The molecule has 0 unspecified atom stereocenters. The Morgan fingerprint density at radius 1 is 1.26 bits per heavy atom. The fourth-order valence-electron chi connectivity index (χ4n) is 3.88. The summed E-state index contributed by atoms with van der Waals surface area (Å²) in [6.07, 6.45) is 3.91. The number of hydrogen-bond donors (Lipinski definition) is 0. The predicted octanol–water partition coefficient (Wildman–Crippen LogP) is 2.56. The number of oxime groups is 1. The quantitative estimate of drug-likeness (QED) is 0.473. The molecular weight excluding hydrogens is 459 g/mol. The van der Waals surface area contributed by atoms with Gasteiger partial charge in [0.25, 0.3) is 0 Å². The number of rotatable bonds is 7. The molecule has 11 nitrogen and oxygen atoms in total. The van der Waals surface area contributed by atoms with Crippen LogP contribution in [-0.4, -0.2) is 63.1 Å². The minimum absolute atomic E-state index is 0.115. The van der Waals surface area contributed by atoms with E-state index in [4.69, 9.17) is 14.3 Å². The van der Waals surface area contributed by atoms with Gasteiger partial charge in [-0.15, -0.1) is 5.10 Å². The van der Waals surface area contributed by atoms with Crippen LogP contribution < -0.4 is 4.90 Å². The van der Waals surface area contributed by atoms with Gasteiger partial charge in [0.2, 0.25) is 0 Å². The molecule has 0 radical (unpaired) electrons. The number of nitrogens with zero attached hydrogens (tertiary/aromatic N) is 6. The van der Waals surface area contributed by atoms with Crippen LogP contribution in [0.15, 0.2) is 54.1 Å². The number of cyclic esters (lactones) is 1. The molecule has 2 aliphatic heterocycles. The molecule has 1 fully saturated rings. The van der Waals surface area contributed by atoms with Crippen LogP contribution >= 0.6 is 0 Å². The third-order valence-corrected chi connectivity index (χ3v) is 5.58. The molecule has 0 bridgehead atoms. The van der Waals surface area contributed by atoms with Crippen molar-refractivity contribution in [2.24, 2.45) is 5.16 Å². The molecule has 2 aliphatic rings. The van der Waals surface area contributed by atoms with Crippen LogP contribution in [0.2, 0.25) is 0 Å². The largest absolute Gasteiger partial charge is 0.462 e. The van der Waals surface area contributed by atoms with Crippen molar-refractivity contribution in [1.82, 2.24) is 20.0 Å². The Labute approximate surface area is 199 Å². The van der Waals surface area contributed by atoms with Crippen molar-refractivity contribution in [3.63, 3.8) is 0 Å². The van der Waals surface area contributed by atoms with Gasteiger partial charge < -0.3 is 14.3 Å². The van der Waals surface area contributed by atoms with E-state index in [1.165, 1.54) is 17.9 Å². The lowest BCUT2D eigenvalue weighted by molar-refractivity contribution is -0.144. The average Bonchev–Trinajstić information content (AvgIpc) is 3.60. The molecule has 0 saturated carbocycles. The molecule has 180 valence electrons. The van der Waals surface area contributed by atoms with Crippen LogP contribution in [-0.2, 0) is 25.7 Å². The summed E-state index contributed by atoms with van der Waals surface area (Å²) in [5, 5.41) is 11.6. The Bertz CT molecular complexity index is 1260. The Morgan fingerprint density at radius 3 is 2.86 bits per heavy atom. The first-order valence-corrected chi connectivity index (χ1v) is 10.9. The van der Waals surface area contributed by atoms with Gasteiger partial charge in [0.05, 0.1) is 30.7 Å². The minimum atomic E-state index is -0.542. The van der Waals surface area contributed by atoms with E-state index >= 15 is 4.39 Å². The smallest absolute Gasteiger partial charge is 0.414 e. The molecule has 0 N–H and O–H groups in total. The van der Waals surface area contributed by atoms with E-state index in [0.717, 1.165) is 0 Å². The lowest BCUT2D eigenvalue weighted by Crippen LogP contribution is -2.26. The molecular formula is C23H21FN6O5. The fourth-order valence-corrected chi connectivity index (χ4v) is 3.88. The Balaban J connectivity index is 1.24. The summed E-state index contributed by atoms with van der Waals surface area (Å²) in [7, 11) is 0. The van der Waals surface area contributed by atoms with Crippen molar-refractivity contribution in [3.8, 4) is 11.1 Å². The zero-order valence-corrected chi connectivity index (χ0v) is 18.7. The van der Waals surface area contributed by atoms with E-state index in [9.17, 15) is 9.59 Å². The number of halogens is 1. The van der Waals surface area contributed by atoms with Crippen molar-refractivity contribution in [1.29, 1.82) is 0 Å². The maximum absolute atomic E-state index is 15.0. The van der Waals surface area contributed by atoms with Gasteiger partial charge in [-0.25, -0.2) is 13.9 Å². The van der Waals surface area contributed by atoms with E-state index in [-0.39, 0.29) is 25.2 Å². The number of pyridine rings is 1. The van der Waals surface area contributed by atoms with Gasteiger partial charge >= 0.3 is 12.1 Å². The van der Waals surface area contributed by atoms with Gasteiger partial charge in [0.15, 0.2) is 6.10 Å². The van der Waals surface area contributed by atoms with E-state index in [0.29, 0.717) is 41.2 Å². The first-order chi connectivity index (χ1) is 17.0. The van der Waals surface area contributed by atoms with Crippen LogP contribution in [0.5, 0.6) is 0 Å². The lowest BCUT2D eigenvalue weighted by atomic mass is 10.0. The normalized spacial score (nSPS) is 19.3. The molecule has 4 heterocycles. The van der Waals surface area contributed by atoms with Crippen LogP contribution in [0, 0.1) is 5.82 Å². The predicted molar refractivity (Wildman–Crippen MR) is 120 cm³/mol. The Hall–Kier alpha value is -4.35. The Morgan fingerprint density at radius 2 is 2.14 bits per heavy atom. The topological polar surface area (TPSA) is 121 Å². The monoisotopic (exact) mass is 480 g/mol. The summed E-state index contributed by atoms with van der Waals surface area (Å²) in [5.41, 5.74) is 2.53. The molecule has 1 saturated heterocycles. The number of carbonyl (C=O) groups is 2. The van der Waals surface area contributed by atoms with Gasteiger partial charge in [-0.1, -0.05) is 16.4 Å². The van der Waals surface area contributed by atoms with Crippen molar-refractivity contribution in [2.45, 2.75) is 32.1 Å². The number of carbonyl (C=O) groups excluding carboxylic acids is 2. The SMILES string of the molecule is CC(=O)OC[C@@H]1CC(c2ccc(-c3ccc(N4C[C@H](Cn5ccnn5)OC4=O)cc3F)cn2)=NO1. The minimum Gasteiger partial charge on any atom is -0.462 e.